The Bertz CT molecular complexity index is 497. The zero-order valence-corrected chi connectivity index (χ0v) is 9.78. The van der Waals surface area contributed by atoms with Gasteiger partial charge in [-0.25, -0.2) is 4.79 Å². The Hall–Kier alpha value is -1.94. The Morgan fingerprint density at radius 2 is 1.65 bits per heavy atom. The maximum atomic E-state index is 10.7. The summed E-state index contributed by atoms with van der Waals surface area (Å²) in [7, 11) is 0. The van der Waals surface area contributed by atoms with E-state index in [2.05, 4.69) is 4.72 Å². The zero-order chi connectivity index (χ0) is 12.1. The molecule has 4 heteroatoms. The van der Waals surface area contributed by atoms with E-state index in [4.69, 9.17) is 5.11 Å². The first-order valence-electron chi connectivity index (χ1n) is 5.07. The summed E-state index contributed by atoms with van der Waals surface area (Å²) >= 11 is 1.49. The summed E-state index contributed by atoms with van der Waals surface area (Å²) in [4.78, 5) is 11.8. The number of carboxylic acids is 1. The standard InChI is InChI=1S/C13H11NO2S/c15-13(16)10-6-8-11(9-7-10)14-17-12-4-2-1-3-5-12/h1-9,14H,(H,15,16). The molecule has 0 aliphatic heterocycles. The normalized spacial score (nSPS) is 9.88. The summed E-state index contributed by atoms with van der Waals surface area (Å²) in [5.74, 6) is -0.910. The van der Waals surface area contributed by atoms with Crippen molar-refractivity contribution >= 4 is 23.6 Å². The molecule has 0 saturated heterocycles. The minimum atomic E-state index is -0.910. The molecule has 0 fully saturated rings. The Labute approximate surface area is 104 Å². The molecule has 0 radical (unpaired) electrons. The van der Waals surface area contributed by atoms with Gasteiger partial charge in [-0.05, 0) is 48.3 Å². The highest BCUT2D eigenvalue weighted by Gasteiger charge is 2.01. The van der Waals surface area contributed by atoms with Crippen molar-refractivity contribution in [2.24, 2.45) is 0 Å². The van der Waals surface area contributed by atoms with E-state index in [1.54, 1.807) is 24.3 Å². The van der Waals surface area contributed by atoms with E-state index in [1.165, 1.54) is 11.9 Å². The minimum Gasteiger partial charge on any atom is -0.478 e. The number of rotatable bonds is 4. The van der Waals surface area contributed by atoms with Crippen molar-refractivity contribution in [2.45, 2.75) is 4.90 Å². The Balaban J connectivity index is 1.98. The smallest absolute Gasteiger partial charge is 0.335 e. The summed E-state index contributed by atoms with van der Waals surface area (Å²) in [6.07, 6.45) is 0. The van der Waals surface area contributed by atoms with Gasteiger partial charge in [0.1, 0.15) is 0 Å². The average molecular weight is 245 g/mol. The van der Waals surface area contributed by atoms with Gasteiger partial charge in [0, 0.05) is 10.6 Å². The molecule has 2 rings (SSSR count). The molecule has 2 N–H and O–H groups in total. The lowest BCUT2D eigenvalue weighted by atomic mass is 10.2. The lowest BCUT2D eigenvalue weighted by molar-refractivity contribution is 0.0697. The highest BCUT2D eigenvalue weighted by atomic mass is 32.2. The van der Waals surface area contributed by atoms with E-state index in [0.29, 0.717) is 5.56 Å². The molecule has 0 bridgehead atoms. The van der Waals surface area contributed by atoms with Gasteiger partial charge in [-0.1, -0.05) is 18.2 Å². The molecule has 0 aliphatic carbocycles. The lowest BCUT2D eigenvalue weighted by Gasteiger charge is -2.05. The highest BCUT2D eigenvalue weighted by molar-refractivity contribution is 8.00. The molecule has 86 valence electrons. The van der Waals surface area contributed by atoms with Crippen molar-refractivity contribution in [3.8, 4) is 0 Å². The van der Waals surface area contributed by atoms with Crippen LogP contribution in [0.3, 0.4) is 0 Å². The number of hydrogen-bond donors (Lipinski definition) is 2. The van der Waals surface area contributed by atoms with Crippen LogP contribution < -0.4 is 4.72 Å². The van der Waals surface area contributed by atoms with Gasteiger partial charge in [-0.15, -0.1) is 0 Å². The molecular formula is C13H11NO2S. The van der Waals surface area contributed by atoms with Crippen molar-refractivity contribution < 1.29 is 9.90 Å². The van der Waals surface area contributed by atoms with Crippen molar-refractivity contribution in [1.82, 2.24) is 0 Å². The fourth-order valence-corrected chi connectivity index (χ4v) is 1.95. The van der Waals surface area contributed by atoms with Crippen LogP contribution in [0.1, 0.15) is 10.4 Å². The second-order valence-corrected chi connectivity index (χ2v) is 4.28. The van der Waals surface area contributed by atoms with E-state index in [-0.39, 0.29) is 0 Å². The number of benzene rings is 2. The fraction of sp³-hybridized carbons (Fsp3) is 0. The number of carbonyl (C=O) groups is 1. The zero-order valence-electron chi connectivity index (χ0n) is 8.96. The molecule has 2 aromatic rings. The second kappa shape index (κ2) is 5.41. The average Bonchev–Trinajstić information content (AvgIpc) is 2.38. The van der Waals surface area contributed by atoms with Gasteiger partial charge in [0.2, 0.25) is 0 Å². The molecule has 0 spiro atoms. The van der Waals surface area contributed by atoms with Crippen LogP contribution in [0.5, 0.6) is 0 Å². The molecule has 0 heterocycles. The predicted molar refractivity (Wildman–Crippen MR) is 69.3 cm³/mol. The van der Waals surface area contributed by atoms with E-state index < -0.39 is 5.97 Å². The van der Waals surface area contributed by atoms with Crippen LogP contribution in [-0.4, -0.2) is 11.1 Å². The predicted octanol–water partition coefficient (Wildman–Crippen LogP) is 3.50. The monoisotopic (exact) mass is 245 g/mol. The van der Waals surface area contributed by atoms with Crippen molar-refractivity contribution in [2.75, 3.05) is 4.72 Å². The molecule has 3 nitrogen and oxygen atoms in total. The van der Waals surface area contributed by atoms with Gasteiger partial charge < -0.3 is 9.83 Å². The van der Waals surface area contributed by atoms with Gasteiger partial charge in [0.25, 0.3) is 0 Å². The van der Waals surface area contributed by atoms with Gasteiger partial charge >= 0.3 is 5.97 Å². The summed E-state index contributed by atoms with van der Waals surface area (Å²) < 4.78 is 3.15. The molecule has 2 aromatic carbocycles. The van der Waals surface area contributed by atoms with E-state index in [9.17, 15) is 4.79 Å². The third kappa shape index (κ3) is 3.26. The highest BCUT2D eigenvalue weighted by Crippen LogP contribution is 2.20. The van der Waals surface area contributed by atoms with Crippen molar-refractivity contribution in [1.29, 1.82) is 0 Å². The number of carboxylic acid groups (broad SMARTS) is 1. The molecule has 0 aliphatic rings. The molecular weight excluding hydrogens is 234 g/mol. The quantitative estimate of drug-likeness (QED) is 0.809. The largest absolute Gasteiger partial charge is 0.478 e. The van der Waals surface area contributed by atoms with Crippen LogP contribution in [0.2, 0.25) is 0 Å². The Kier molecular flexibility index (Phi) is 3.67. The third-order valence-corrected chi connectivity index (χ3v) is 3.01. The molecule has 0 aromatic heterocycles. The van der Waals surface area contributed by atoms with Gasteiger partial charge in [-0.2, -0.15) is 0 Å². The van der Waals surface area contributed by atoms with Crippen LogP contribution >= 0.6 is 11.9 Å². The number of nitrogens with one attached hydrogen (secondary N) is 1. The van der Waals surface area contributed by atoms with Crippen LogP contribution in [0.25, 0.3) is 0 Å². The van der Waals surface area contributed by atoms with Gasteiger partial charge in [0.15, 0.2) is 0 Å². The Morgan fingerprint density at radius 1 is 1.00 bits per heavy atom. The first-order chi connectivity index (χ1) is 8.25. The lowest BCUT2D eigenvalue weighted by Crippen LogP contribution is -1.95. The molecule has 0 saturated carbocycles. The SMILES string of the molecule is O=C(O)c1ccc(NSc2ccccc2)cc1. The summed E-state index contributed by atoms with van der Waals surface area (Å²) in [6.45, 7) is 0. The maximum Gasteiger partial charge on any atom is 0.335 e. The first kappa shape index (κ1) is 11.5. The molecule has 0 amide bonds. The molecule has 0 unspecified atom stereocenters. The second-order valence-electron chi connectivity index (χ2n) is 3.40. The minimum absolute atomic E-state index is 0.292. The topological polar surface area (TPSA) is 49.3 Å². The Morgan fingerprint density at radius 3 is 2.24 bits per heavy atom. The van der Waals surface area contributed by atoms with Crippen LogP contribution in [-0.2, 0) is 0 Å². The van der Waals surface area contributed by atoms with Crippen LogP contribution in [0.4, 0.5) is 5.69 Å². The van der Waals surface area contributed by atoms with Gasteiger partial charge in [-0.3, -0.25) is 0 Å². The number of hydrogen-bond acceptors (Lipinski definition) is 3. The van der Waals surface area contributed by atoms with Crippen LogP contribution in [0, 0.1) is 0 Å². The first-order valence-corrected chi connectivity index (χ1v) is 5.88. The third-order valence-electron chi connectivity index (χ3n) is 2.16. The molecule has 0 atom stereocenters. The van der Waals surface area contributed by atoms with Crippen LogP contribution in [0.15, 0.2) is 59.5 Å². The van der Waals surface area contributed by atoms with Crippen molar-refractivity contribution in [3.63, 3.8) is 0 Å². The molecule has 17 heavy (non-hydrogen) atoms. The number of aromatic carboxylic acids is 1. The van der Waals surface area contributed by atoms with E-state index in [0.717, 1.165) is 10.6 Å². The maximum absolute atomic E-state index is 10.7. The number of anilines is 1. The summed E-state index contributed by atoms with van der Waals surface area (Å²) in [6, 6.07) is 16.6. The van der Waals surface area contributed by atoms with Crippen molar-refractivity contribution in [3.05, 3.63) is 60.2 Å². The fourth-order valence-electron chi connectivity index (χ4n) is 1.29. The van der Waals surface area contributed by atoms with Gasteiger partial charge in [0.05, 0.1) is 5.56 Å². The summed E-state index contributed by atoms with van der Waals surface area (Å²) in [5.41, 5.74) is 1.17. The summed E-state index contributed by atoms with van der Waals surface area (Å²) in [5, 5.41) is 8.76. The van der Waals surface area contributed by atoms with E-state index >= 15 is 0 Å². The van der Waals surface area contributed by atoms with E-state index in [1.807, 2.05) is 30.3 Å².